The van der Waals surface area contributed by atoms with Gasteiger partial charge in [0.05, 0.1) is 11.8 Å². The molecular weight excluding hydrogens is 332 g/mol. The highest BCUT2D eigenvalue weighted by atomic mass is 16.5. The molecule has 0 radical (unpaired) electrons. The molecule has 0 atom stereocenters. The van der Waals surface area contributed by atoms with Crippen molar-refractivity contribution in [1.29, 1.82) is 0 Å². The zero-order valence-corrected chi connectivity index (χ0v) is 14.3. The highest BCUT2D eigenvalue weighted by Crippen LogP contribution is 2.29. The molecule has 1 amide bonds. The second kappa shape index (κ2) is 6.59. The Bertz CT molecular complexity index is 1010. The summed E-state index contributed by atoms with van der Waals surface area (Å²) in [6.45, 7) is 2.58. The van der Waals surface area contributed by atoms with Gasteiger partial charge in [-0.2, -0.15) is 0 Å². The number of nitrogens with one attached hydrogen (secondary N) is 2. The summed E-state index contributed by atoms with van der Waals surface area (Å²) in [5, 5.41) is 2.82. The Morgan fingerprint density at radius 3 is 3.08 bits per heavy atom. The predicted octanol–water partition coefficient (Wildman–Crippen LogP) is 3.02. The summed E-state index contributed by atoms with van der Waals surface area (Å²) in [5.74, 6) is 0.729. The van der Waals surface area contributed by atoms with Crippen molar-refractivity contribution < 1.29 is 14.3 Å². The number of nitrogens with zero attached hydrogens (tertiary/aromatic N) is 2. The molecule has 1 aliphatic rings. The van der Waals surface area contributed by atoms with Crippen LogP contribution in [0.15, 0.2) is 30.6 Å². The minimum atomic E-state index is -0.201. The van der Waals surface area contributed by atoms with Crippen LogP contribution in [0.1, 0.15) is 46.0 Å². The molecule has 132 valence electrons. The highest BCUT2D eigenvalue weighted by molar-refractivity contribution is 6.04. The Morgan fingerprint density at radius 2 is 2.23 bits per heavy atom. The summed E-state index contributed by atoms with van der Waals surface area (Å²) in [7, 11) is 0. The molecule has 2 N–H and O–H groups in total. The van der Waals surface area contributed by atoms with E-state index in [2.05, 4.69) is 20.3 Å². The largest absolute Gasteiger partial charge is 0.437 e. The number of Topliss-reactive ketones (excluding diaryl/α,β-unsaturated/α-hetero) is 1. The molecule has 7 nitrogen and oxygen atoms in total. The lowest BCUT2D eigenvalue weighted by molar-refractivity contribution is 0.0953. The van der Waals surface area contributed by atoms with Crippen LogP contribution in [0.5, 0.6) is 11.6 Å². The first-order chi connectivity index (χ1) is 12.7. The fourth-order valence-electron chi connectivity index (χ4n) is 3.03. The van der Waals surface area contributed by atoms with Gasteiger partial charge >= 0.3 is 0 Å². The summed E-state index contributed by atoms with van der Waals surface area (Å²) in [4.78, 5) is 35.7. The van der Waals surface area contributed by atoms with E-state index in [1.165, 1.54) is 6.20 Å². The van der Waals surface area contributed by atoms with Crippen molar-refractivity contribution in [2.75, 3.05) is 6.54 Å². The van der Waals surface area contributed by atoms with E-state index in [1.54, 1.807) is 12.3 Å². The minimum Gasteiger partial charge on any atom is -0.437 e. The maximum absolute atomic E-state index is 12.2. The van der Waals surface area contributed by atoms with E-state index in [9.17, 15) is 9.59 Å². The normalized spacial score (nSPS) is 13.0. The van der Waals surface area contributed by atoms with Crippen molar-refractivity contribution in [3.63, 3.8) is 0 Å². The van der Waals surface area contributed by atoms with Gasteiger partial charge in [0, 0.05) is 24.7 Å². The fourth-order valence-corrected chi connectivity index (χ4v) is 3.03. The Labute approximate surface area is 149 Å². The Balaban J connectivity index is 1.62. The highest BCUT2D eigenvalue weighted by Gasteiger charge is 2.20. The van der Waals surface area contributed by atoms with Crippen molar-refractivity contribution in [3.05, 3.63) is 47.3 Å². The van der Waals surface area contributed by atoms with Gasteiger partial charge in [0.1, 0.15) is 11.3 Å². The van der Waals surface area contributed by atoms with E-state index in [4.69, 9.17) is 4.74 Å². The molecule has 0 unspecified atom stereocenters. The second-order valence-electron chi connectivity index (χ2n) is 6.21. The SMILES string of the molecule is CCCNC(=O)c1c[nH]c2ncc(Oc3ccc4c(c3)C(=O)CC4)nc12. The molecule has 0 aliphatic heterocycles. The summed E-state index contributed by atoms with van der Waals surface area (Å²) in [5.41, 5.74) is 3.15. The number of aryl methyl sites for hydroxylation is 1. The smallest absolute Gasteiger partial charge is 0.255 e. The lowest BCUT2D eigenvalue weighted by Gasteiger charge is -2.07. The average molecular weight is 350 g/mol. The van der Waals surface area contributed by atoms with Gasteiger partial charge in [0.2, 0.25) is 5.88 Å². The quantitative estimate of drug-likeness (QED) is 0.737. The van der Waals surface area contributed by atoms with E-state index in [1.807, 2.05) is 19.1 Å². The van der Waals surface area contributed by atoms with Gasteiger partial charge in [-0.25, -0.2) is 9.97 Å². The summed E-state index contributed by atoms with van der Waals surface area (Å²) in [6, 6.07) is 5.46. The van der Waals surface area contributed by atoms with Crippen molar-refractivity contribution in [3.8, 4) is 11.6 Å². The van der Waals surface area contributed by atoms with Crippen molar-refractivity contribution >= 4 is 22.9 Å². The molecule has 7 heteroatoms. The standard InChI is InChI=1S/C19H18N4O3/c1-2-7-20-19(25)14-9-21-18-17(14)23-16(10-22-18)26-12-5-3-11-4-6-15(24)13(11)8-12/h3,5,8-10H,2,4,6-7H2,1H3,(H,20,25)(H,21,22). The number of aromatic nitrogens is 3. The number of hydrogen-bond acceptors (Lipinski definition) is 5. The lowest BCUT2D eigenvalue weighted by Crippen LogP contribution is -2.23. The first kappa shape index (κ1) is 16.3. The number of carbonyl (C=O) groups is 2. The average Bonchev–Trinajstić information content (AvgIpc) is 3.23. The van der Waals surface area contributed by atoms with Gasteiger partial charge in [-0.3, -0.25) is 9.59 Å². The summed E-state index contributed by atoms with van der Waals surface area (Å²) >= 11 is 0. The number of aromatic amines is 1. The maximum Gasteiger partial charge on any atom is 0.255 e. The van der Waals surface area contributed by atoms with E-state index < -0.39 is 0 Å². The molecule has 26 heavy (non-hydrogen) atoms. The van der Waals surface area contributed by atoms with Crippen LogP contribution in [-0.4, -0.2) is 33.2 Å². The van der Waals surface area contributed by atoms with Crippen LogP contribution in [0.2, 0.25) is 0 Å². The van der Waals surface area contributed by atoms with E-state index in [-0.39, 0.29) is 17.6 Å². The molecular formula is C19H18N4O3. The van der Waals surface area contributed by atoms with Crippen molar-refractivity contribution in [1.82, 2.24) is 20.3 Å². The third-order valence-corrected chi connectivity index (χ3v) is 4.36. The van der Waals surface area contributed by atoms with Crippen molar-refractivity contribution in [2.45, 2.75) is 26.2 Å². The van der Waals surface area contributed by atoms with Crippen LogP contribution in [0, 0.1) is 0 Å². The third-order valence-electron chi connectivity index (χ3n) is 4.36. The van der Waals surface area contributed by atoms with E-state index in [0.29, 0.717) is 41.0 Å². The number of ether oxygens (including phenoxy) is 1. The Hall–Kier alpha value is -3.22. The lowest BCUT2D eigenvalue weighted by atomic mass is 10.1. The molecule has 0 fully saturated rings. The van der Waals surface area contributed by atoms with Crippen LogP contribution in [0.3, 0.4) is 0 Å². The monoisotopic (exact) mass is 350 g/mol. The number of carbonyl (C=O) groups excluding carboxylic acids is 2. The van der Waals surface area contributed by atoms with Gasteiger partial charge in [0.15, 0.2) is 11.4 Å². The zero-order chi connectivity index (χ0) is 18.1. The molecule has 4 rings (SSSR count). The van der Waals surface area contributed by atoms with Crippen LogP contribution in [0.25, 0.3) is 11.2 Å². The second-order valence-corrected chi connectivity index (χ2v) is 6.21. The van der Waals surface area contributed by atoms with Gasteiger partial charge in [-0.1, -0.05) is 13.0 Å². The number of rotatable bonds is 5. The van der Waals surface area contributed by atoms with Gasteiger partial charge < -0.3 is 15.0 Å². The third kappa shape index (κ3) is 2.92. The molecule has 0 bridgehead atoms. The number of benzene rings is 1. The first-order valence-electron chi connectivity index (χ1n) is 8.62. The number of ketones is 1. The number of amides is 1. The Kier molecular flexibility index (Phi) is 4.12. The predicted molar refractivity (Wildman–Crippen MR) is 95.7 cm³/mol. The molecule has 0 saturated heterocycles. The Morgan fingerprint density at radius 1 is 1.35 bits per heavy atom. The van der Waals surface area contributed by atoms with Crippen LogP contribution in [0.4, 0.5) is 0 Å². The number of H-pyrrole nitrogens is 1. The number of hydrogen-bond donors (Lipinski definition) is 2. The maximum atomic E-state index is 12.2. The molecule has 0 spiro atoms. The first-order valence-corrected chi connectivity index (χ1v) is 8.62. The van der Waals surface area contributed by atoms with Gasteiger partial charge in [-0.05, 0) is 30.5 Å². The fraction of sp³-hybridized carbons (Fsp3) is 0.263. The molecule has 1 aromatic carbocycles. The summed E-state index contributed by atoms with van der Waals surface area (Å²) in [6.07, 6.45) is 5.25. The van der Waals surface area contributed by atoms with E-state index in [0.717, 1.165) is 18.4 Å². The zero-order valence-electron chi connectivity index (χ0n) is 14.3. The summed E-state index contributed by atoms with van der Waals surface area (Å²) < 4.78 is 5.77. The molecule has 3 aromatic rings. The van der Waals surface area contributed by atoms with Crippen LogP contribution >= 0.6 is 0 Å². The van der Waals surface area contributed by atoms with Gasteiger partial charge in [0.25, 0.3) is 5.91 Å². The molecule has 2 aromatic heterocycles. The van der Waals surface area contributed by atoms with E-state index >= 15 is 0 Å². The van der Waals surface area contributed by atoms with Gasteiger partial charge in [-0.15, -0.1) is 0 Å². The van der Waals surface area contributed by atoms with Crippen LogP contribution in [-0.2, 0) is 6.42 Å². The molecule has 0 saturated carbocycles. The molecule has 2 heterocycles. The van der Waals surface area contributed by atoms with Crippen LogP contribution < -0.4 is 10.1 Å². The number of fused-ring (bicyclic) bond motifs is 2. The van der Waals surface area contributed by atoms with Crippen molar-refractivity contribution in [2.24, 2.45) is 0 Å². The topological polar surface area (TPSA) is 97.0 Å². The minimum absolute atomic E-state index is 0.132. The molecule has 1 aliphatic carbocycles.